The minimum Gasteiger partial charge on any atom is -0.478 e. The van der Waals surface area contributed by atoms with Gasteiger partial charge in [-0.25, -0.2) is 4.79 Å². The van der Waals surface area contributed by atoms with Gasteiger partial charge in [-0.1, -0.05) is 29.7 Å². The van der Waals surface area contributed by atoms with Crippen LogP contribution < -0.4 is 5.73 Å². The largest absolute Gasteiger partial charge is 0.478 e. The average molecular weight is 428 g/mol. The monoisotopic (exact) mass is 427 g/mol. The second-order valence-corrected chi connectivity index (χ2v) is 7.67. The fourth-order valence-corrected chi connectivity index (χ4v) is 3.74. The summed E-state index contributed by atoms with van der Waals surface area (Å²) < 4.78 is 0. The number of nitro benzene ring substituents is 1. The van der Waals surface area contributed by atoms with Gasteiger partial charge in [-0.05, 0) is 56.4 Å². The van der Waals surface area contributed by atoms with E-state index in [2.05, 4.69) is 25.1 Å². The number of nitrogen functional groups attached to an aromatic ring is 1. The highest BCUT2D eigenvalue weighted by atomic mass is 35.5. The summed E-state index contributed by atoms with van der Waals surface area (Å²) in [6.07, 6.45) is 5.97. The Morgan fingerprint density at radius 3 is 2.60 bits per heavy atom. The predicted molar refractivity (Wildman–Crippen MR) is 117 cm³/mol. The van der Waals surface area contributed by atoms with E-state index in [0.717, 1.165) is 41.6 Å². The van der Waals surface area contributed by atoms with Gasteiger partial charge < -0.3 is 10.8 Å². The lowest BCUT2D eigenvalue weighted by molar-refractivity contribution is -0.384. The molecule has 1 aromatic heterocycles. The number of nitrogens with zero attached hydrogens (tertiary/aromatic N) is 2. The van der Waals surface area contributed by atoms with E-state index in [9.17, 15) is 14.9 Å². The second-order valence-electron chi connectivity index (χ2n) is 7.26. The molecule has 3 N–H and O–H groups in total. The first-order valence-electron chi connectivity index (χ1n) is 9.62. The summed E-state index contributed by atoms with van der Waals surface area (Å²) in [6, 6.07) is 9.61. The standard InChI is InChI=1S/C15H18N2.C7H4ClNO4/c1-10-7-8-14-12(9-10)15(16)11-5-3-2-4-6-13(11)17-14;8-6-2-1-4(9(12)13)3-5(6)7(10)11/h7-9H,2-6H2,1H3,(H2,16,17);1-3H,(H,10,11). The molecule has 30 heavy (non-hydrogen) atoms. The van der Waals surface area contributed by atoms with Crippen molar-refractivity contribution in [1.82, 2.24) is 4.98 Å². The molecule has 0 fully saturated rings. The van der Waals surface area contributed by atoms with Gasteiger partial charge in [-0.15, -0.1) is 0 Å². The summed E-state index contributed by atoms with van der Waals surface area (Å²) in [5.74, 6) is -1.28. The van der Waals surface area contributed by atoms with E-state index in [1.807, 2.05) is 0 Å². The molecule has 2 aromatic carbocycles. The SMILES string of the molecule is Cc1ccc2nc3c(c(N)c2c1)CCCCC3.O=C(O)c1cc([N+](=O)[O-])ccc1Cl. The Morgan fingerprint density at radius 1 is 1.17 bits per heavy atom. The summed E-state index contributed by atoms with van der Waals surface area (Å²) in [7, 11) is 0. The van der Waals surface area contributed by atoms with Crippen molar-refractivity contribution < 1.29 is 14.8 Å². The molecule has 0 saturated heterocycles. The van der Waals surface area contributed by atoms with Crippen LogP contribution in [0.2, 0.25) is 5.02 Å². The summed E-state index contributed by atoms with van der Waals surface area (Å²) in [5, 5.41) is 19.9. The van der Waals surface area contributed by atoms with Crippen LogP contribution >= 0.6 is 11.6 Å². The van der Waals surface area contributed by atoms with E-state index in [0.29, 0.717) is 0 Å². The number of hydrogen-bond donors (Lipinski definition) is 2. The van der Waals surface area contributed by atoms with Crippen LogP contribution in [0.25, 0.3) is 10.9 Å². The fraction of sp³-hybridized carbons (Fsp3) is 0.273. The number of carbonyl (C=O) groups is 1. The normalized spacial score (nSPS) is 13.0. The number of benzene rings is 2. The summed E-state index contributed by atoms with van der Waals surface area (Å²) in [5.41, 5.74) is 11.6. The molecule has 1 aliphatic carbocycles. The van der Waals surface area contributed by atoms with E-state index in [-0.39, 0.29) is 16.3 Å². The van der Waals surface area contributed by atoms with Crippen molar-refractivity contribution in [2.24, 2.45) is 0 Å². The zero-order valence-corrected chi connectivity index (χ0v) is 17.3. The van der Waals surface area contributed by atoms with Crippen molar-refractivity contribution in [2.75, 3.05) is 5.73 Å². The molecule has 7 nitrogen and oxygen atoms in total. The average Bonchev–Trinajstić information content (AvgIpc) is 2.95. The molecule has 0 atom stereocenters. The number of non-ortho nitro benzene ring substituents is 1. The van der Waals surface area contributed by atoms with Gasteiger partial charge in [0.2, 0.25) is 0 Å². The Kier molecular flexibility index (Phi) is 6.52. The molecule has 0 spiro atoms. The molecule has 0 bridgehead atoms. The number of hydrogen-bond acceptors (Lipinski definition) is 5. The van der Waals surface area contributed by atoms with Crippen LogP contribution in [0.1, 0.15) is 46.4 Å². The molecule has 0 amide bonds. The van der Waals surface area contributed by atoms with Crippen molar-refractivity contribution in [3.05, 3.63) is 73.9 Å². The van der Waals surface area contributed by atoms with Crippen LogP contribution in [0.3, 0.4) is 0 Å². The summed E-state index contributed by atoms with van der Waals surface area (Å²) in [4.78, 5) is 24.9. The molecule has 4 rings (SSSR count). The van der Waals surface area contributed by atoms with Crippen LogP contribution in [-0.2, 0) is 12.8 Å². The molecule has 0 radical (unpaired) electrons. The predicted octanol–water partition coefficient (Wildman–Crippen LogP) is 5.34. The Bertz CT molecular complexity index is 1130. The molecule has 156 valence electrons. The van der Waals surface area contributed by atoms with Crippen molar-refractivity contribution in [3.8, 4) is 0 Å². The Labute approximate surface area is 178 Å². The number of rotatable bonds is 2. The number of halogens is 1. The van der Waals surface area contributed by atoms with Crippen LogP contribution in [-0.4, -0.2) is 21.0 Å². The second kappa shape index (κ2) is 9.09. The van der Waals surface area contributed by atoms with Crippen LogP contribution in [0.5, 0.6) is 0 Å². The number of fused-ring (bicyclic) bond motifs is 2. The number of nitro groups is 1. The van der Waals surface area contributed by atoms with Gasteiger partial charge in [0.1, 0.15) is 0 Å². The van der Waals surface area contributed by atoms with Crippen molar-refractivity contribution in [3.63, 3.8) is 0 Å². The minimum absolute atomic E-state index is 0.0156. The third-order valence-electron chi connectivity index (χ3n) is 5.10. The molecule has 1 aliphatic rings. The van der Waals surface area contributed by atoms with E-state index in [4.69, 9.17) is 27.4 Å². The van der Waals surface area contributed by atoms with Crippen LogP contribution in [0, 0.1) is 17.0 Å². The molecule has 0 unspecified atom stereocenters. The number of aromatic nitrogens is 1. The van der Waals surface area contributed by atoms with Crippen LogP contribution in [0.15, 0.2) is 36.4 Å². The van der Waals surface area contributed by atoms with Crippen molar-refractivity contribution in [2.45, 2.75) is 39.0 Å². The molecule has 3 aromatic rings. The number of nitrogens with two attached hydrogens (primary N) is 1. The maximum Gasteiger partial charge on any atom is 0.337 e. The first kappa shape index (κ1) is 21.5. The molecule has 0 aliphatic heterocycles. The maximum atomic E-state index is 10.5. The number of pyridine rings is 1. The lowest BCUT2D eigenvalue weighted by atomic mass is 10.0. The van der Waals surface area contributed by atoms with Gasteiger partial charge in [0.15, 0.2) is 0 Å². The lowest BCUT2D eigenvalue weighted by Gasteiger charge is -2.12. The van der Waals surface area contributed by atoms with E-state index in [1.54, 1.807) is 0 Å². The summed E-state index contributed by atoms with van der Waals surface area (Å²) in [6.45, 7) is 2.10. The zero-order chi connectivity index (χ0) is 21.8. The third-order valence-corrected chi connectivity index (χ3v) is 5.43. The zero-order valence-electron chi connectivity index (χ0n) is 16.5. The topological polar surface area (TPSA) is 119 Å². The van der Waals surface area contributed by atoms with Gasteiger partial charge in [0.05, 0.1) is 21.0 Å². The highest BCUT2D eigenvalue weighted by Gasteiger charge is 2.15. The molecular formula is C22H22ClN3O4. The quantitative estimate of drug-likeness (QED) is 0.323. The lowest BCUT2D eigenvalue weighted by Crippen LogP contribution is -2.03. The van der Waals surface area contributed by atoms with E-state index in [1.165, 1.54) is 42.1 Å². The molecule has 1 heterocycles. The van der Waals surface area contributed by atoms with Gasteiger partial charge in [0, 0.05) is 28.9 Å². The van der Waals surface area contributed by atoms with Crippen molar-refractivity contribution in [1.29, 1.82) is 0 Å². The fourth-order valence-electron chi connectivity index (χ4n) is 3.54. The maximum absolute atomic E-state index is 10.5. The van der Waals surface area contributed by atoms with E-state index >= 15 is 0 Å². The van der Waals surface area contributed by atoms with Crippen LogP contribution in [0.4, 0.5) is 11.4 Å². The molecule has 0 saturated carbocycles. The first-order chi connectivity index (χ1) is 14.3. The number of aryl methyl sites for hydroxylation is 2. The van der Waals surface area contributed by atoms with Crippen molar-refractivity contribution >= 4 is 39.8 Å². The summed E-state index contributed by atoms with van der Waals surface area (Å²) >= 11 is 5.49. The Balaban J connectivity index is 0.000000178. The van der Waals surface area contributed by atoms with Gasteiger partial charge >= 0.3 is 5.97 Å². The minimum atomic E-state index is -1.28. The highest BCUT2D eigenvalue weighted by Crippen LogP contribution is 2.30. The number of anilines is 1. The third kappa shape index (κ3) is 4.68. The molecular weight excluding hydrogens is 406 g/mol. The number of carboxylic acids is 1. The highest BCUT2D eigenvalue weighted by molar-refractivity contribution is 6.33. The number of aromatic carboxylic acids is 1. The van der Waals surface area contributed by atoms with Gasteiger partial charge in [-0.3, -0.25) is 15.1 Å². The molecule has 8 heteroatoms. The Morgan fingerprint density at radius 2 is 1.90 bits per heavy atom. The first-order valence-corrected chi connectivity index (χ1v) is 10.0. The Hall–Kier alpha value is -3.19. The van der Waals surface area contributed by atoms with Gasteiger partial charge in [-0.2, -0.15) is 0 Å². The smallest absolute Gasteiger partial charge is 0.337 e. The number of carboxylic acid groups (broad SMARTS) is 1. The van der Waals surface area contributed by atoms with Gasteiger partial charge in [0.25, 0.3) is 5.69 Å². The van der Waals surface area contributed by atoms with E-state index < -0.39 is 10.9 Å².